The van der Waals surface area contributed by atoms with Crippen LogP contribution in [0.4, 0.5) is 0 Å². The van der Waals surface area contributed by atoms with Gasteiger partial charge in [0.25, 0.3) is 0 Å². The molecule has 48 heteroatoms. The van der Waals surface area contributed by atoms with Gasteiger partial charge in [-0.1, -0.05) is 93.7 Å². The number of esters is 1. The Kier molecular flexibility index (Phi) is 37.4. The van der Waals surface area contributed by atoms with Crippen LogP contribution in [-0.2, 0) is 104 Å². The zero-order valence-electron chi connectivity index (χ0n) is 83.9. The molecule has 53 atom stereocenters. The number of carbonyl (C=O) groups excluding carboxylic acids is 4. The van der Waals surface area contributed by atoms with Gasteiger partial charge in [-0.05, 0) is 135 Å². The molecule has 48 nitrogen and oxygen atoms in total. The number of ketones is 1. The summed E-state index contributed by atoms with van der Waals surface area (Å²) in [7, 11) is 0. The Balaban J connectivity index is 0.758. The molecule has 0 aromatic rings. The number of aldehydes is 1. The fraction of sp³-hybridized carbons (Fsp3) is 0.938. The number of hydrogen-bond donors (Lipinski definition) is 26. The van der Waals surface area contributed by atoms with Crippen LogP contribution in [0.25, 0.3) is 0 Å². The molecule has 0 bridgehead atoms. The van der Waals surface area contributed by atoms with E-state index in [1.165, 1.54) is 13.8 Å². The number of allylic oxidation sites excluding steroid dienone is 2. The van der Waals surface area contributed by atoms with Gasteiger partial charge < -0.3 is 223 Å². The number of carbonyl (C=O) groups is 4. The number of fused-ring (bicyclic) bond motifs is 7. The molecule has 0 aromatic carbocycles. The summed E-state index contributed by atoms with van der Waals surface area (Å²) in [5, 5.41) is 284. The Labute approximate surface area is 839 Å². The van der Waals surface area contributed by atoms with Gasteiger partial charge in [0.05, 0.1) is 107 Å². The number of hydrogen-bond acceptors (Lipinski definition) is 47. The average Bonchev–Trinajstić information content (AvgIpc) is 0.945. The van der Waals surface area contributed by atoms with Gasteiger partial charge in [-0.25, -0.2) is 0 Å². The molecule has 17 unspecified atom stereocenters. The Bertz CT molecular complexity index is 4300. The van der Waals surface area contributed by atoms with Gasteiger partial charge in [0.15, 0.2) is 62.5 Å². The first kappa shape index (κ1) is 117. The van der Waals surface area contributed by atoms with E-state index in [0.717, 1.165) is 11.9 Å². The van der Waals surface area contributed by atoms with Crippen LogP contribution in [0.3, 0.4) is 0 Å². The van der Waals surface area contributed by atoms with Crippen LogP contribution < -0.4 is 5.32 Å². The summed E-state index contributed by atoms with van der Waals surface area (Å²) in [5.74, 6) is -8.05. The van der Waals surface area contributed by atoms with Crippen LogP contribution >= 0.6 is 0 Å². The minimum atomic E-state index is -2.60. The minimum Gasteiger partial charge on any atom is -0.432 e. The molecule has 9 heterocycles. The Morgan fingerprint density at radius 1 is 0.497 bits per heavy atom. The fourth-order valence-corrected chi connectivity index (χ4v) is 25.7. The van der Waals surface area contributed by atoms with Gasteiger partial charge in [0.1, 0.15) is 164 Å². The van der Waals surface area contributed by atoms with Crippen molar-refractivity contribution in [1.82, 2.24) is 5.32 Å². The lowest BCUT2D eigenvalue weighted by Crippen LogP contribution is -2.71. The largest absolute Gasteiger partial charge is 0.432 e. The molecule has 9 aliphatic heterocycles. The topological polar surface area (TPSA) is 752 Å². The third-order valence-electron chi connectivity index (χ3n) is 35.4. The number of rotatable bonds is 37. The minimum absolute atomic E-state index is 0.0518. The highest BCUT2D eigenvalue weighted by Gasteiger charge is 2.74. The maximum atomic E-state index is 16.9. The maximum Gasteiger partial charge on any atom is 0.317 e. The van der Waals surface area contributed by atoms with Crippen LogP contribution in [0.15, 0.2) is 11.6 Å². The second-order valence-corrected chi connectivity index (χ2v) is 45.3. The molecule has 9 saturated heterocycles. The Morgan fingerprint density at radius 2 is 1.05 bits per heavy atom. The molecule has 0 radical (unpaired) electrons. The number of aliphatic hydroxyl groups excluding tert-OH is 22. The van der Waals surface area contributed by atoms with E-state index in [4.69, 9.17) is 85.3 Å². The first-order valence-electron chi connectivity index (χ1n) is 51.1. The van der Waals surface area contributed by atoms with Gasteiger partial charge in [-0.15, -0.1) is 0 Å². The predicted molar refractivity (Wildman–Crippen MR) is 485 cm³/mol. The highest BCUT2D eigenvalue weighted by atomic mass is 16.8. The number of nitrogens with one attached hydrogen (secondary N) is 1. The van der Waals surface area contributed by atoms with Crippen molar-refractivity contribution in [2.45, 2.75) is 449 Å². The van der Waals surface area contributed by atoms with E-state index in [0.29, 0.717) is 44.9 Å². The van der Waals surface area contributed by atoms with E-state index >= 15 is 9.59 Å². The van der Waals surface area contributed by atoms with Crippen LogP contribution in [0.2, 0.25) is 0 Å². The molecule has 0 spiro atoms. The molecule has 4 saturated carbocycles. The predicted octanol–water partition coefficient (Wildman–Crippen LogP) is -7.12. The number of ether oxygens (including phenoxy) is 18. The van der Waals surface area contributed by atoms with Crippen molar-refractivity contribution in [1.29, 1.82) is 0 Å². The van der Waals surface area contributed by atoms with E-state index in [2.05, 4.69) is 32.2 Å². The van der Waals surface area contributed by atoms with Crippen LogP contribution in [0.5, 0.6) is 0 Å². The van der Waals surface area contributed by atoms with Crippen LogP contribution in [0, 0.1) is 68.0 Å². The fourth-order valence-electron chi connectivity index (χ4n) is 25.7. The lowest BCUT2D eigenvalue weighted by Gasteiger charge is -2.71. The van der Waals surface area contributed by atoms with Crippen molar-refractivity contribution >= 4 is 23.9 Å². The van der Waals surface area contributed by atoms with Gasteiger partial charge in [0, 0.05) is 19.3 Å². The average molecular weight is 2090 g/mol. The smallest absolute Gasteiger partial charge is 0.317 e. The quantitative estimate of drug-likeness (QED) is 0.00903. The molecule has 145 heavy (non-hydrogen) atoms. The molecule has 5 aliphatic carbocycles. The molecule has 834 valence electrons. The zero-order valence-corrected chi connectivity index (χ0v) is 83.9. The molecule has 13 fully saturated rings. The molecule has 1 amide bonds. The standard InChI is InChI=1S/C97H159NO47/c1-13-39(3)43(23-44(103)25-46(105)26-52(40(4)14-2)135-88-79(123)97(126,127)38-132-88)24-45(104)27-59(110)98-60-53(30-99)136-86(77(75(60)142-82-68(118)64(114)61(111)41(5)133-82)144-83-70(120)66(116)72(42(6)134-83)139-81-71(121)73(50(107)33-129-81)140-87-78(122)95(125,36-102)37-131-87)145-89(124)96-22-21-90(7,8)28-48(96)47-15-16-56-91(9)19-18-58(92(10,35-101)55(91)17-20-93(56,11)94(47,12)29-57(96)109)138-85-76(143-84-69(119)65(115)63(113)54(31-100)137-84)74(51(108)34-130-85)141-80-67(117)62(112)49(106)32-128-80/h15,35,39-43,45-46,48-58,60-88,99-100,102,104-109,111-123,125-127H,13-14,16-34,36-38H2,1-12H3,(H,98,110)/t39-,40-,41?,42?,43+,45+,46-,48?,49-,50-,51-,52+,53?,54?,55-,56?,57?,58+,60+,61+,62+,63+,64+,65+,66?,67?,68?,69?,70+,71-,72+,73?,74+,75?,76?,77-,78?,79?,80+,81+,82+,83+,84+,85+,86+,87+,88+,91?,92-,93+,94-,95+,96-/m1/s1. The van der Waals surface area contributed by atoms with Crippen molar-refractivity contribution in [3.05, 3.63) is 11.6 Å². The number of amides is 1. The third-order valence-corrected chi connectivity index (χ3v) is 35.4. The van der Waals surface area contributed by atoms with E-state index in [9.17, 15) is 137 Å². The van der Waals surface area contributed by atoms with E-state index in [1.54, 1.807) is 13.8 Å². The molecule has 0 aromatic heterocycles. The maximum absolute atomic E-state index is 16.9. The van der Waals surface area contributed by atoms with E-state index < -0.39 is 397 Å². The molecule has 14 aliphatic rings. The van der Waals surface area contributed by atoms with E-state index in [-0.39, 0.29) is 62.7 Å². The highest BCUT2D eigenvalue weighted by Crippen LogP contribution is 2.76. The van der Waals surface area contributed by atoms with Gasteiger partial charge in [-0.2, -0.15) is 0 Å². The van der Waals surface area contributed by atoms with Gasteiger partial charge in [-0.3, -0.25) is 14.4 Å². The monoisotopic (exact) mass is 2090 g/mol. The van der Waals surface area contributed by atoms with Crippen molar-refractivity contribution in [2.24, 2.45) is 68.0 Å². The number of aliphatic hydroxyl groups is 25. The summed E-state index contributed by atoms with van der Waals surface area (Å²) in [6.07, 6.45) is -66.8. The van der Waals surface area contributed by atoms with Crippen molar-refractivity contribution in [2.75, 3.05) is 52.9 Å². The summed E-state index contributed by atoms with van der Waals surface area (Å²) in [4.78, 5) is 60.6. The summed E-state index contributed by atoms with van der Waals surface area (Å²) >= 11 is 0. The van der Waals surface area contributed by atoms with Crippen molar-refractivity contribution in [3.8, 4) is 0 Å². The summed E-state index contributed by atoms with van der Waals surface area (Å²) < 4.78 is 111. The van der Waals surface area contributed by atoms with Crippen LogP contribution in [0.1, 0.15) is 186 Å². The molecular weight excluding hydrogens is 1930 g/mol. The van der Waals surface area contributed by atoms with Gasteiger partial charge in [0.2, 0.25) is 18.0 Å². The van der Waals surface area contributed by atoms with E-state index in [1.807, 2.05) is 34.6 Å². The molecular formula is C97H159NO47. The first-order chi connectivity index (χ1) is 68.1. The lowest BCUT2D eigenvalue weighted by molar-refractivity contribution is -0.386. The Morgan fingerprint density at radius 3 is 1.67 bits per heavy atom. The second kappa shape index (κ2) is 46.4. The first-order valence-corrected chi connectivity index (χ1v) is 51.1. The summed E-state index contributed by atoms with van der Waals surface area (Å²) in [5.41, 5.74) is -7.77. The van der Waals surface area contributed by atoms with Crippen molar-refractivity contribution < 1.29 is 232 Å². The van der Waals surface area contributed by atoms with Crippen molar-refractivity contribution in [3.63, 3.8) is 0 Å². The SMILES string of the molecule is CC[C@@H](C)[C@@H](CC(=O)C[C@@H](O)C[C@H](O[C@@H]1OCC(O)(O)C1O)[C@H](C)CC)C[C@H](O)CC(=O)N[C@H]1C(CO)O[C@@H](OC(=O)[C@]23CCC(C)(C)CC2C2=CCC4C5(C)CC[C@H](O[C@@H]6OC[C@@H](O)[C@H](O[C@@H]7OC[C@@H](O)[C@H](O)C7O)C6O[C@@H]6OC(CO)[C@H](O)[C@H](O)C6O)[C@](C)(C=O)[C@@H]5CC[C@]4(C)[C@]2(C)CC3O)[C@H](O[C@@H]2OC(C)[C@H](O[C@@H]3OC[C@@H](O)C(O[C@@H]4OC[C@@](O)(CO)C4O)[C@H]3O)C(O)[C@@H]2O)C1O[C@@H]1OC(C)[C@H](O)[C@H](O)C1O. The molecule has 26 N–H and O–H groups in total. The van der Waals surface area contributed by atoms with Crippen LogP contribution in [-0.4, -0.2) is 468 Å². The van der Waals surface area contributed by atoms with Gasteiger partial charge >= 0.3 is 5.97 Å². The number of Topliss-reactive ketones (excluding diaryl/α,β-unsaturated/α-hetero) is 1. The lowest BCUT2D eigenvalue weighted by atomic mass is 9.33. The Hall–Kier alpha value is -3.66. The molecule has 14 rings (SSSR count). The highest BCUT2D eigenvalue weighted by molar-refractivity contribution is 5.81. The zero-order chi connectivity index (χ0) is 106. The summed E-state index contributed by atoms with van der Waals surface area (Å²) in [6.45, 7) is 16.2. The second-order valence-electron chi connectivity index (χ2n) is 45.3. The summed E-state index contributed by atoms with van der Waals surface area (Å²) in [6, 6.07) is -1.85. The third kappa shape index (κ3) is 22.9. The normalized spacial score (nSPS) is 49.1.